The lowest BCUT2D eigenvalue weighted by molar-refractivity contribution is 1.78. The van der Waals surface area contributed by atoms with Gasteiger partial charge in [-0.15, -0.1) is 0 Å². The van der Waals surface area contributed by atoms with Crippen LogP contribution >= 0.6 is 0 Å². The molecular weight excluding hydrogens is 288 g/mol. The molecule has 24 heavy (non-hydrogen) atoms. The highest BCUT2D eigenvalue weighted by Crippen LogP contribution is 2.40. The van der Waals surface area contributed by atoms with Crippen LogP contribution in [0.1, 0.15) is 0 Å². The number of benzene rings is 6. The lowest BCUT2D eigenvalue weighted by atomic mass is 9.89. The van der Waals surface area contributed by atoms with E-state index < -0.39 is 0 Å². The van der Waals surface area contributed by atoms with Crippen LogP contribution in [0.15, 0.2) is 84.9 Å². The van der Waals surface area contributed by atoms with Gasteiger partial charge in [-0.25, -0.2) is 0 Å². The van der Waals surface area contributed by atoms with E-state index in [2.05, 4.69) is 84.9 Å². The second-order valence-corrected chi connectivity index (χ2v) is 6.62. The van der Waals surface area contributed by atoms with Gasteiger partial charge in [0, 0.05) is 0 Å². The maximum atomic E-state index is 2.34. The van der Waals surface area contributed by atoms with Gasteiger partial charge < -0.3 is 0 Å². The number of rotatable bonds is 0. The Bertz CT molecular complexity index is 1350. The van der Waals surface area contributed by atoms with E-state index in [9.17, 15) is 0 Å². The first kappa shape index (κ1) is 12.3. The minimum atomic E-state index is 1.31. The molecule has 0 heteroatoms. The van der Waals surface area contributed by atoms with E-state index in [0.717, 1.165) is 0 Å². The minimum absolute atomic E-state index is 1.31. The summed E-state index contributed by atoms with van der Waals surface area (Å²) in [6.45, 7) is 0. The minimum Gasteiger partial charge on any atom is -0.0616 e. The van der Waals surface area contributed by atoms with Crippen LogP contribution in [0.5, 0.6) is 0 Å². The second kappa shape index (κ2) is 4.24. The first-order valence-electron chi connectivity index (χ1n) is 8.38. The highest BCUT2D eigenvalue weighted by atomic mass is 14.1. The lowest BCUT2D eigenvalue weighted by Gasteiger charge is -2.14. The van der Waals surface area contributed by atoms with E-state index in [1.807, 2.05) is 0 Å². The molecule has 110 valence electrons. The summed E-state index contributed by atoms with van der Waals surface area (Å²) in [7, 11) is 0. The fraction of sp³-hybridized carbons (Fsp3) is 0. The molecule has 0 saturated carbocycles. The summed E-state index contributed by atoms with van der Waals surface area (Å²) in [5, 5.41) is 13.5. The van der Waals surface area contributed by atoms with Crippen molar-refractivity contribution < 1.29 is 0 Å². The molecule has 0 spiro atoms. The molecule has 0 aliphatic rings. The van der Waals surface area contributed by atoms with E-state index in [1.165, 1.54) is 53.9 Å². The van der Waals surface area contributed by atoms with Gasteiger partial charge in [-0.2, -0.15) is 0 Å². The Morgan fingerprint density at radius 3 is 1.83 bits per heavy atom. The molecule has 0 fully saturated rings. The molecular formula is C24H14. The van der Waals surface area contributed by atoms with Gasteiger partial charge in [0.25, 0.3) is 0 Å². The van der Waals surface area contributed by atoms with E-state index in [4.69, 9.17) is 0 Å². The third kappa shape index (κ3) is 1.43. The zero-order chi connectivity index (χ0) is 15.7. The van der Waals surface area contributed by atoms with E-state index >= 15 is 0 Å². The van der Waals surface area contributed by atoms with Gasteiger partial charge in [-0.3, -0.25) is 0 Å². The van der Waals surface area contributed by atoms with E-state index in [1.54, 1.807) is 0 Å². The van der Waals surface area contributed by atoms with Crippen molar-refractivity contribution in [2.75, 3.05) is 0 Å². The van der Waals surface area contributed by atoms with Crippen LogP contribution in [0.2, 0.25) is 0 Å². The van der Waals surface area contributed by atoms with E-state index in [0.29, 0.717) is 0 Å². The van der Waals surface area contributed by atoms with Crippen LogP contribution in [0, 0.1) is 0 Å². The molecule has 0 saturated heterocycles. The maximum Gasteiger partial charge on any atom is -0.00201 e. The Morgan fingerprint density at radius 1 is 0.333 bits per heavy atom. The largest absolute Gasteiger partial charge is 0.0616 e. The van der Waals surface area contributed by atoms with Crippen molar-refractivity contribution in [3.8, 4) is 0 Å². The SMILES string of the molecule is c1ccc2c(c1)ccc1cc3ccc4cccc5ccc(c12)c3c45. The Labute approximate surface area is 139 Å². The van der Waals surface area contributed by atoms with Gasteiger partial charge in [0.2, 0.25) is 0 Å². The maximum absolute atomic E-state index is 2.34. The summed E-state index contributed by atoms with van der Waals surface area (Å²) in [5.41, 5.74) is 0. The summed E-state index contributed by atoms with van der Waals surface area (Å²) < 4.78 is 0. The van der Waals surface area contributed by atoms with E-state index in [-0.39, 0.29) is 0 Å². The molecule has 0 aromatic heterocycles. The summed E-state index contributed by atoms with van der Waals surface area (Å²) in [6, 6.07) is 31.2. The summed E-state index contributed by atoms with van der Waals surface area (Å²) in [4.78, 5) is 0. The van der Waals surface area contributed by atoms with Gasteiger partial charge in [0.15, 0.2) is 0 Å². The van der Waals surface area contributed by atoms with Crippen LogP contribution in [-0.4, -0.2) is 0 Å². The van der Waals surface area contributed by atoms with Crippen LogP contribution in [0.3, 0.4) is 0 Å². The van der Waals surface area contributed by atoms with Crippen LogP contribution < -0.4 is 0 Å². The fourth-order valence-corrected chi connectivity index (χ4v) is 4.31. The zero-order valence-electron chi connectivity index (χ0n) is 13.1. The zero-order valence-corrected chi connectivity index (χ0v) is 13.1. The first-order chi connectivity index (χ1) is 11.9. The summed E-state index contributed by atoms with van der Waals surface area (Å²) >= 11 is 0. The van der Waals surface area contributed by atoms with Gasteiger partial charge >= 0.3 is 0 Å². The molecule has 6 aromatic carbocycles. The van der Waals surface area contributed by atoms with Gasteiger partial charge in [-0.1, -0.05) is 78.9 Å². The third-order valence-corrected chi connectivity index (χ3v) is 5.35. The van der Waals surface area contributed by atoms with Crippen molar-refractivity contribution in [1.82, 2.24) is 0 Å². The average Bonchev–Trinajstić information content (AvgIpc) is 2.65. The molecule has 0 unspecified atom stereocenters. The smallest absolute Gasteiger partial charge is 0.00201 e. The Morgan fingerprint density at radius 2 is 0.958 bits per heavy atom. The number of hydrogen-bond donors (Lipinski definition) is 0. The monoisotopic (exact) mass is 302 g/mol. The quantitative estimate of drug-likeness (QED) is 0.212. The molecule has 6 aromatic rings. The molecule has 0 nitrogen and oxygen atoms in total. The first-order valence-corrected chi connectivity index (χ1v) is 8.38. The number of fused-ring (bicyclic) bond motifs is 4. The normalized spacial score (nSPS) is 12.2. The molecule has 0 amide bonds. The van der Waals surface area contributed by atoms with Gasteiger partial charge in [0.05, 0.1) is 0 Å². The third-order valence-electron chi connectivity index (χ3n) is 5.35. The number of hydrogen-bond acceptors (Lipinski definition) is 0. The topological polar surface area (TPSA) is 0 Å². The van der Waals surface area contributed by atoms with Gasteiger partial charge in [0.1, 0.15) is 0 Å². The van der Waals surface area contributed by atoms with Crippen molar-refractivity contribution in [2.24, 2.45) is 0 Å². The Balaban J connectivity index is 2.03. The summed E-state index contributed by atoms with van der Waals surface area (Å²) in [6.07, 6.45) is 0. The predicted molar refractivity (Wildman–Crippen MR) is 105 cm³/mol. The molecule has 0 heterocycles. The lowest BCUT2D eigenvalue weighted by Crippen LogP contribution is -1.86. The Kier molecular flexibility index (Phi) is 2.18. The van der Waals surface area contributed by atoms with Crippen molar-refractivity contribution in [3.63, 3.8) is 0 Å². The second-order valence-electron chi connectivity index (χ2n) is 6.62. The van der Waals surface area contributed by atoms with Crippen LogP contribution in [0.4, 0.5) is 0 Å². The van der Waals surface area contributed by atoms with Gasteiger partial charge in [-0.05, 0) is 59.9 Å². The molecule has 6 rings (SSSR count). The molecule has 0 atom stereocenters. The molecule has 0 bridgehead atoms. The van der Waals surface area contributed by atoms with Crippen molar-refractivity contribution >= 4 is 53.9 Å². The molecule has 0 aliphatic carbocycles. The average molecular weight is 302 g/mol. The fourth-order valence-electron chi connectivity index (χ4n) is 4.31. The Hall–Kier alpha value is -3.12. The molecule has 0 radical (unpaired) electrons. The predicted octanol–water partition coefficient (Wildman–Crippen LogP) is 6.89. The van der Waals surface area contributed by atoms with Crippen LogP contribution in [0.25, 0.3) is 53.9 Å². The summed E-state index contributed by atoms with van der Waals surface area (Å²) in [5.74, 6) is 0. The molecule has 0 aliphatic heterocycles. The van der Waals surface area contributed by atoms with Crippen molar-refractivity contribution in [2.45, 2.75) is 0 Å². The molecule has 0 N–H and O–H groups in total. The standard InChI is InChI=1S/C24H14/c1-2-7-20-15(4-1)8-10-18-14-19-11-9-16-5-3-6-17-12-13-21(23(18)20)24(19)22(16)17/h1-14H. The van der Waals surface area contributed by atoms with Crippen molar-refractivity contribution in [1.29, 1.82) is 0 Å². The van der Waals surface area contributed by atoms with Crippen LogP contribution in [-0.2, 0) is 0 Å². The highest BCUT2D eigenvalue weighted by Gasteiger charge is 2.12. The highest BCUT2D eigenvalue weighted by molar-refractivity contribution is 6.32. The van der Waals surface area contributed by atoms with Crippen molar-refractivity contribution in [3.05, 3.63) is 84.9 Å².